The highest BCUT2D eigenvalue weighted by Gasteiger charge is 2.00. The number of nitrogens with zero attached hydrogens (tertiary/aromatic N) is 1. The molecular weight excluding hydrogens is 240 g/mol. The lowest BCUT2D eigenvalue weighted by molar-refractivity contribution is 0.122. The van der Waals surface area contributed by atoms with Crippen molar-refractivity contribution in [2.45, 2.75) is 19.6 Å². The SMILES string of the molecule is NCc1nc(COCCc2cccs2)cs1. The van der Waals surface area contributed by atoms with Crippen molar-refractivity contribution in [2.75, 3.05) is 6.61 Å². The zero-order chi connectivity index (χ0) is 11.2. The van der Waals surface area contributed by atoms with Crippen LogP contribution in [0.15, 0.2) is 22.9 Å². The molecule has 2 N–H and O–H groups in total. The molecule has 3 nitrogen and oxygen atoms in total. The number of rotatable bonds is 6. The Morgan fingerprint density at radius 2 is 2.31 bits per heavy atom. The lowest BCUT2D eigenvalue weighted by Gasteiger charge is -2.00. The van der Waals surface area contributed by atoms with Gasteiger partial charge in [0.1, 0.15) is 5.01 Å². The number of hydrogen-bond acceptors (Lipinski definition) is 5. The normalized spacial score (nSPS) is 10.8. The molecule has 16 heavy (non-hydrogen) atoms. The van der Waals surface area contributed by atoms with Crippen molar-refractivity contribution < 1.29 is 4.74 Å². The smallest absolute Gasteiger partial charge is 0.107 e. The number of nitrogens with two attached hydrogens (primary N) is 1. The Labute approximate surface area is 103 Å². The third kappa shape index (κ3) is 3.38. The number of ether oxygens (including phenoxy) is 1. The molecule has 0 saturated carbocycles. The summed E-state index contributed by atoms with van der Waals surface area (Å²) in [6, 6.07) is 4.19. The standard InChI is InChI=1S/C11H14N2OS2/c12-6-11-13-9(8-16-11)7-14-4-3-10-2-1-5-15-10/h1-2,5,8H,3-4,6-7,12H2. The molecule has 86 valence electrons. The molecule has 2 rings (SSSR count). The highest BCUT2D eigenvalue weighted by atomic mass is 32.1. The molecule has 2 aromatic rings. The minimum absolute atomic E-state index is 0.514. The maximum atomic E-state index is 5.56. The van der Waals surface area contributed by atoms with E-state index in [4.69, 9.17) is 10.5 Å². The van der Waals surface area contributed by atoms with Crippen molar-refractivity contribution in [1.82, 2.24) is 4.98 Å². The molecule has 2 heterocycles. The Morgan fingerprint density at radius 1 is 1.38 bits per heavy atom. The minimum atomic E-state index is 0.514. The first-order valence-corrected chi connectivity index (χ1v) is 6.88. The Morgan fingerprint density at radius 3 is 3.00 bits per heavy atom. The zero-order valence-corrected chi connectivity index (χ0v) is 10.5. The second-order valence-electron chi connectivity index (χ2n) is 3.32. The maximum absolute atomic E-state index is 5.56. The Hall–Kier alpha value is -0.750. The topological polar surface area (TPSA) is 48.1 Å². The summed E-state index contributed by atoms with van der Waals surface area (Å²) in [6.07, 6.45) is 0.978. The number of hydrogen-bond donors (Lipinski definition) is 1. The van der Waals surface area contributed by atoms with Crippen molar-refractivity contribution in [1.29, 1.82) is 0 Å². The molecule has 0 aliphatic heterocycles. The van der Waals surface area contributed by atoms with Crippen LogP contribution in [0.25, 0.3) is 0 Å². The average molecular weight is 254 g/mol. The van der Waals surface area contributed by atoms with Crippen LogP contribution in [0.5, 0.6) is 0 Å². The summed E-state index contributed by atoms with van der Waals surface area (Å²) < 4.78 is 5.56. The van der Waals surface area contributed by atoms with Crippen molar-refractivity contribution in [3.05, 3.63) is 38.5 Å². The largest absolute Gasteiger partial charge is 0.375 e. The van der Waals surface area contributed by atoms with E-state index in [0.29, 0.717) is 13.2 Å². The molecule has 0 aliphatic carbocycles. The van der Waals surface area contributed by atoms with Gasteiger partial charge in [-0.05, 0) is 11.4 Å². The lowest BCUT2D eigenvalue weighted by Crippen LogP contribution is -1.99. The second kappa shape index (κ2) is 6.10. The van der Waals surface area contributed by atoms with Gasteiger partial charge in [0.15, 0.2) is 0 Å². The highest BCUT2D eigenvalue weighted by Crippen LogP contribution is 2.11. The predicted molar refractivity (Wildman–Crippen MR) is 67.7 cm³/mol. The first-order chi connectivity index (χ1) is 7.88. The van der Waals surface area contributed by atoms with Crippen LogP contribution in [0.2, 0.25) is 0 Å². The molecule has 0 radical (unpaired) electrons. The summed E-state index contributed by atoms with van der Waals surface area (Å²) >= 11 is 3.36. The van der Waals surface area contributed by atoms with Gasteiger partial charge in [-0.25, -0.2) is 4.98 Å². The molecule has 0 atom stereocenters. The van der Waals surface area contributed by atoms with Gasteiger partial charge in [-0.3, -0.25) is 0 Å². The number of thiophene rings is 1. The lowest BCUT2D eigenvalue weighted by atomic mass is 10.4. The van der Waals surface area contributed by atoms with Crippen molar-refractivity contribution in [2.24, 2.45) is 5.73 Å². The molecule has 0 unspecified atom stereocenters. The van der Waals surface area contributed by atoms with Crippen LogP contribution in [0.1, 0.15) is 15.6 Å². The molecule has 2 aromatic heterocycles. The van der Waals surface area contributed by atoms with Gasteiger partial charge in [0, 0.05) is 23.2 Å². The van der Waals surface area contributed by atoms with Gasteiger partial charge >= 0.3 is 0 Å². The fourth-order valence-electron chi connectivity index (χ4n) is 1.31. The molecule has 0 aliphatic rings. The first kappa shape index (κ1) is 11.7. The summed E-state index contributed by atoms with van der Waals surface area (Å²) in [5, 5.41) is 5.06. The third-order valence-electron chi connectivity index (χ3n) is 2.10. The van der Waals surface area contributed by atoms with Crippen molar-refractivity contribution in [3.8, 4) is 0 Å². The molecule has 0 spiro atoms. The molecule has 0 fully saturated rings. The van der Waals surface area contributed by atoms with Crippen LogP contribution >= 0.6 is 22.7 Å². The van der Waals surface area contributed by atoms with Crippen molar-refractivity contribution in [3.63, 3.8) is 0 Å². The first-order valence-electron chi connectivity index (χ1n) is 5.12. The van der Waals surface area contributed by atoms with E-state index in [2.05, 4.69) is 22.5 Å². The Bertz CT molecular complexity index is 411. The van der Waals surface area contributed by atoms with E-state index in [1.165, 1.54) is 4.88 Å². The van der Waals surface area contributed by atoms with Gasteiger partial charge in [0.25, 0.3) is 0 Å². The van der Waals surface area contributed by atoms with Crippen LogP contribution in [0, 0.1) is 0 Å². The van der Waals surface area contributed by atoms with Gasteiger partial charge in [0.05, 0.1) is 18.9 Å². The van der Waals surface area contributed by atoms with Gasteiger partial charge in [0.2, 0.25) is 0 Å². The molecule has 5 heteroatoms. The summed E-state index contributed by atoms with van der Waals surface area (Å²) in [6.45, 7) is 1.84. The Kier molecular flexibility index (Phi) is 4.47. The van der Waals surface area contributed by atoms with E-state index in [1.54, 1.807) is 22.7 Å². The zero-order valence-electron chi connectivity index (χ0n) is 8.89. The second-order valence-corrected chi connectivity index (χ2v) is 5.29. The summed E-state index contributed by atoms with van der Waals surface area (Å²) in [7, 11) is 0. The van der Waals surface area contributed by atoms with Gasteiger partial charge in [-0.1, -0.05) is 6.07 Å². The summed E-state index contributed by atoms with van der Waals surface area (Å²) in [5.41, 5.74) is 6.47. The van der Waals surface area contributed by atoms with Gasteiger partial charge < -0.3 is 10.5 Å². The van der Waals surface area contributed by atoms with Gasteiger partial charge in [-0.2, -0.15) is 0 Å². The number of thiazole rings is 1. The molecular formula is C11H14N2OS2. The van der Waals surface area contributed by atoms with Crippen molar-refractivity contribution >= 4 is 22.7 Å². The average Bonchev–Trinajstić information content (AvgIpc) is 2.95. The Balaban J connectivity index is 1.68. The minimum Gasteiger partial charge on any atom is -0.375 e. The third-order valence-corrected chi connectivity index (χ3v) is 3.95. The molecule has 0 bridgehead atoms. The van der Waals surface area contributed by atoms with E-state index < -0.39 is 0 Å². The van der Waals surface area contributed by atoms with E-state index >= 15 is 0 Å². The molecule has 0 amide bonds. The maximum Gasteiger partial charge on any atom is 0.107 e. The molecule has 0 saturated heterocycles. The fourth-order valence-corrected chi connectivity index (χ4v) is 2.66. The fraction of sp³-hybridized carbons (Fsp3) is 0.364. The van der Waals surface area contributed by atoms with Crippen LogP contribution < -0.4 is 5.73 Å². The van der Waals surface area contributed by atoms with Crippen LogP contribution in [0.3, 0.4) is 0 Å². The van der Waals surface area contributed by atoms with Gasteiger partial charge in [-0.15, -0.1) is 22.7 Å². The van der Waals surface area contributed by atoms with Crippen LogP contribution in [0.4, 0.5) is 0 Å². The number of aromatic nitrogens is 1. The quantitative estimate of drug-likeness (QED) is 0.805. The van der Waals surface area contributed by atoms with E-state index in [1.807, 2.05) is 5.38 Å². The molecule has 0 aromatic carbocycles. The monoisotopic (exact) mass is 254 g/mol. The van der Waals surface area contributed by atoms with Crippen LogP contribution in [-0.2, 0) is 24.3 Å². The highest BCUT2D eigenvalue weighted by molar-refractivity contribution is 7.10. The van der Waals surface area contributed by atoms with E-state index in [9.17, 15) is 0 Å². The van der Waals surface area contributed by atoms with E-state index in [-0.39, 0.29) is 0 Å². The van der Waals surface area contributed by atoms with E-state index in [0.717, 1.165) is 23.7 Å². The van der Waals surface area contributed by atoms with Crippen LogP contribution in [-0.4, -0.2) is 11.6 Å². The summed E-state index contributed by atoms with van der Waals surface area (Å²) in [5.74, 6) is 0. The predicted octanol–water partition coefficient (Wildman–Crippen LogP) is 2.42. The summed E-state index contributed by atoms with van der Waals surface area (Å²) in [4.78, 5) is 5.70.